The largest absolute Gasteiger partial charge is 2.00 e. The summed E-state index contributed by atoms with van der Waals surface area (Å²) in [5.74, 6) is -0.482. The van der Waals surface area contributed by atoms with E-state index in [2.05, 4.69) is 0 Å². The SMILES string of the molecule is CC1=Nc2ccccc2[N-]/C(C)=C(/C(=O)c2ccc(Cl)cc2)C(C)=Nc2ccccc2[N-]/C(C)=C\1C(=O)c1ccc(Cl)cc1.[Ni+2]. The van der Waals surface area contributed by atoms with Gasteiger partial charge in [-0.3, -0.25) is 19.6 Å². The van der Waals surface area contributed by atoms with Gasteiger partial charge < -0.3 is 10.6 Å². The fraction of sp³-hybridized carbons (Fsp3) is 0.111. The Morgan fingerprint density at radius 3 is 1.22 bits per heavy atom. The third kappa shape index (κ3) is 7.69. The third-order valence-corrected chi connectivity index (χ3v) is 7.53. The number of aliphatic imine (C=N–C) groups is 2. The Hall–Kier alpha value is -4.29. The Bertz CT molecular complexity index is 1750. The van der Waals surface area contributed by atoms with Crippen LogP contribution in [0.15, 0.2) is 130 Å². The Kier molecular flexibility index (Phi) is 10.9. The number of benzene rings is 4. The summed E-state index contributed by atoms with van der Waals surface area (Å²) < 4.78 is 0. The second-order valence-electron chi connectivity index (χ2n) is 10.2. The van der Waals surface area contributed by atoms with E-state index in [4.69, 9.17) is 43.8 Å². The van der Waals surface area contributed by atoms with Crippen molar-refractivity contribution in [2.24, 2.45) is 9.98 Å². The molecule has 228 valence electrons. The molecular formula is C36H28Cl2N4NiO2. The van der Waals surface area contributed by atoms with Gasteiger partial charge in [-0.05, 0) is 74.5 Å². The third-order valence-electron chi connectivity index (χ3n) is 7.03. The van der Waals surface area contributed by atoms with E-state index in [9.17, 15) is 9.59 Å². The van der Waals surface area contributed by atoms with Crippen LogP contribution in [-0.4, -0.2) is 23.0 Å². The number of nitrogens with zero attached hydrogens (tertiary/aromatic N) is 4. The van der Waals surface area contributed by atoms with E-state index >= 15 is 0 Å². The minimum Gasteiger partial charge on any atom is -0.659 e. The van der Waals surface area contributed by atoms with E-state index in [1.807, 2.05) is 48.5 Å². The van der Waals surface area contributed by atoms with Gasteiger partial charge in [-0.15, -0.1) is 22.8 Å². The van der Waals surface area contributed by atoms with Gasteiger partial charge in [0, 0.05) is 55.1 Å². The molecule has 9 heteroatoms. The number of allylic oxidation sites excluding steroid dienone is 4. The molecule has 0 aromatic heterocycles. The smallest absolute Gasteiger partial charge is 0.659 e. The molecule has 0 amide bonds. The van der Waals surface area contributed by atoms with Crippen molar-refractivity contribution in [1.82, 2.24) is 0 Å². The molecular weight excluding hydrogens is 650 g/mol. The van der Waals surface area contributed by atoms with Crippen LogP contribution in [0.2, 0.25) is 10.0 Å². The maximum atomic E-state index is 13.9. The molecule has 0 saturated heterocycles. The Morgan fingerprint density at radius 1 is 0.533 bits per heavy atom. The number of fused-ring (bicyclic) bond motifs is 2. The molecule has 1 heterocycles. The van der Waals surface area contributed by atoms with Crippen molar-refractivity contribution >= 4 is 68.9 Å². The number of rotatable bonds is 4. The van der Waals surface area contributed by atoms with E-state index in [1.165, 1.54) is 0 Å². The molecule has 5 rings (SSSR count). The summed E-state index contributed by atoms with van der Waals surface area (Å²) in [5.41, 5.74) is 5.58. The number of hydrogen-bond acceptors (Lipinski definition) is 4. The fourth-order valence-corrected chi connectivity index (χ4v) is 5.18. The summed E-state index contributed by atoms with van der Waals surface area (Å²) in [7, 11) is 0. The summed E-state index contributed by atoms with van der Waals surface area (Å²) >= 11 is 12.2. The van der Waals surface area contributed by atoms with Crippen molar-refractivity contribution in [3.63, 3.8) is 0 Å². The first-order valence-electron chi connectivity index (χ1n) is 13.9. The fourth-order valence-electron chi connectivity index (χ4n) is 4.92. The first kappa shape index (κ1) is 33.6. The molecule has 0 fully saturated rings. The maximum Gasteiger partial charge on any atom is 2.00 e. The van der Waals surface area contributed by atoms with Gasteiger partial charge in [0.05, 0.1) is 0 Å². The molecule has 0 radical (unpaired) electrons. The summed E-state index contributed by atoms with van der Waals surface area (Å²) in [6, 6.07) is 28.1. The van der Waals surface area contributed by atoms with Crippen molar-refractivity contribution in [3.8, 4) is 0 Å². The molecule has 0 bridgehead atoms. The van der Waals surface area contributed by atoms with Crippen LogP contribution in [0, 0.1) is 0 Å². The molecule has 1 aliphatic rings. The minimum absolute atomic E-state index is 0. The Morgan fingerprint density at radius 2 is 0.867 bits per heavy atom. The van der Waals surface area contributed by atoms with E-state index in [0.29, 0.717) is 77.9 Å². The van der Waals surface area contributed by atoms with Gasteiger partial charge in [-0.2, -0.15) is 0 Å². The van der Waals surface area contributed by atoms with Crippen LogP contribution in [0.4, 0.5) is 22.7 Å². The first-order valence-corrected chi connectivity index (χ1v) is 14.6. The Balaban J connectivity index is 0.00000461. The average Bonchev–Trinajstić information content (AvgIpc) is 2.99. The Labute approximate surface area is 282 Å². The summed E-state index contributed by atoms with van der Waals surface area (Å²) in [6.45, 7) is 7.10. The summed E-state index contributed by atoms with van der Waals surface area (Å²) in [4.78, 5) is 37.6. The zero-order valence-electron chi connectivity index (χ0n) is 24.9. The van der Waals surface area contributed by atoms with Crippen molar-refractivity contribution < 1.29 is 26.1 Å². The van der Waals surface area contributed by atoms with Crippen molar-refractivity contribution in [2.45, 2.75) is 27.7 Å². The number of carbonyl (C=O) groups is 2. The number of para-hydroxylation sites is 4. The summed E-state index contributed by atoms with van der Waals surface area (Å²) in [6.07, 6.45) is 0. The van der Waals surface area contributed by atoms with Crippen molar-refractivity contribution in [1.29, 1.82) is 0 Å². The quantitative estimate of drug-likeness (QED) is 0.159. The van der Waals surface area contributed by atoms with Crippen molar-refractivity contribution in [2.75, 3.05) is 0 Å². The molecule has 0 spiro atoms. The van der Waals surface area contributed by atoms with Crippen LogP contribution in [0.5, 0.6) is 0 Å². The number of halogens is 2. The van der Waals surface area contributed by atoms with Gasteiger partial charge in [0.2, 0.25) is 0 Å². The molecule has 6 nitrogen and oxygen atoms in total. The predicted octanol–water partition coefficient (Wildman–Crippen LogP) is 11.2. The number of hydrogen-bond donors (Lipinski definition) is 0. The second kappa shape index (κ2) is 14.7. The van der Waals surface area contributed by atoms with Crippen LogP contribution < -0.4 is 0 Å². The van der Waals surface area contributed by atoms with Gasteiger partial charge in [-0.1, -0.05) is 73.4 Å². The second-order valence-corrected chi connectivity index (χ2v) is 11.1. The van der Waals surface area contributed by atoms with Gasteiger partial charge >= 0.3 is 16.5 Å². The van der Waals surface area contributed by atoms with Crippen LogP contribution in [0.1, 0.15) is 48.4 Å². The number of carbonyl (C=O) groups excluding carboxylic acids is 2. The maximum absolute atomic E-state index is 13.9. The summed E-state index contributed by atoms with van der Waals surface area (Å²) in [5, 5.41) is 10.8. The predicted molar refractivity (Wildman–Crippen MR) is 181 cm³/mol. The molecule has 4 aromatic carbocycles. The molecule has 0 atom stereocenters. The van der Waals surface area contributed by atoms with Gasteiger partial charge in [0.1, 0.15) is 0 Å². The van der Waals surface area contributed by atoms with Gasteiger partial charge in [0.15, 0.2) is 11.6 Å². The molecule has 45 heavy (non-hydrogen) atoms. The van der Waals surface area contributed by atoms with Gasteiger partial charge in [-0.25, -0.2) is 0 Å². The van der Waals surface area contributed by atoms with Crippen molar-refractivity contribution in [3.05, 3.63) is 151 Å². The van der Waals surface area contributed by atoms with E-state index in [1.54, 1.807) is 76.2 Å². The molecule has 0 aliphatic carbocycles. The monoisotopic (exact) mass is 676 g/mol. The minimum atomic E-state index is -0.241. The average molecular weight is 678 g/mol. The molecule has 0 N–H and O–H groups in total. The van der Waals surface area contributed by atoms with Crippen LogP contribution in [0.25, 0.3) is 10.6 Å². The number of Topliss-reactive ketones (excluding diaryl/α,β-unsaturated/α-hetero) is 2. The topological polar surface area (TPSA) is 87.1 Å². The molecule has 4 aromatic rings. The molecule has 0 unspecified atom stereocenters. The van der Waals surface area contributed by atoms with Crippen LogP contribution >= 0.6 is 23.2 Å². The zero-order valence-corrected chi connectivity index (χ0v) is 27.4. The molecule has 1 aliphatic heterocycles. The standard InChI is InChI=1S/C36H30Cl2N4O2.Ni/c1-21-33(35(43)25-13-17-27(37)18-14-25)22(2)40-31-11-7-8-12-32(31)42-24(4)34(36(44)26-15-19-28(38)20-16-26)23(3)41-30-10-6-5-9-29(30)39-21;/h5-20H,1-4H3,(H2,39,40,41,42,43,44);/q;+2/p-2. The van der Waals surface area contributed by atoms with Crippen LogP contribution in [-0.2, 0) is 16.5 Å². The normalized spacial score (nSPS) is 16.8. The van der Waals surface area contributed by atoms with Gasteiger partial charge in [0.25, 0.3) is 0 Å². The first-order chi connectivity index (χ1) is 21.1. The van der Waals surface area contributed by atoms with Crippen LogP contribution in [0.3, 0.4) is 0 Å². The van der Waals surface area contributed by atoms with E-state index < -0.39 is 0 Å². The van der Waals surface area contributed by atoms with E-state index in [0.717, 1.165) is 0 Å². The van der Waals surface area contributed by atoms with E-state index in [-0.39, 0.29) is 28.1 Å². The number of ketones is 2. The molecule has 0 saturated carbocycles. The zero-order chi connectivity index (χ0) is 31.4.